The summed E-state index contributed by atoms with van der Waals surface area (Å²) in [5, 5.41) is 0. The largest absolute Gasteiger partial charge is 0.311 e. The van der Waals surface area contributed by atoms with E-state index in [1.807, 2.05) is 0 Å². The Morgan fingerprint density at radius 2 is 0.550 bits per heavy atom. The molecule has 0 radical (unpaired) electrons. The second-order valence-corrected chi connectivity index (χ2v) is 12.5. The van der Waals surface area contributed by atoms with Crippen molar-refractivity contribution in [2.75, 3.05) is 9.80 Å². The van der Waals surface area contributed by atoms with Crippen LogP contribution in [0.1, 0.15) is 50.7 Å². The van der Waals surface area contributed by atoms with E-state index in [0.29, 0.717) is 11.8 Å². The normalized spacial score (nSPS) is 11.2. The number of hydrogen-bond acceptors (Lipinski definition) is 2. The Bertz CT molecular complexity index is 1430. The molecule has 0 aliphatic carbocycles. The molecular weight excluding hydrogens is 620 g/mol. The highest BCUT2D eigenvalue weighted by Gasteiger charge is 2.16. The van der Waals surface area contributed by atoms with Gasteiger partial charge in [0.15, 0.2) is 0 Å². The Morgan fingerprint density at radius 3 is 0.775 bits per heavy atom. The van der Waals surface area contributed by atoms with Crippen LogP contribution in [0.15, 0.2) is 130 Å². The summed E-state index contributed by atoms with van der Waals surface area (Å²) >= 11 is 7.16. The lowest BCUT2D eigenvalue weighted by molar-refractivity contribution is 0.866. The molecule has 0 spiro atoms. The van der Waals surface area contributed by atoms with Crippen LogP contribution in [0.2, 0.25) is 0 Å². The first kappa shape index (κ1) is 28.2. The minimum absolute atomic E-state index is 0.496. The van der Waals surface area contributed by atoms with Crippen LogP contribution in [-0.4, -0.2) is 0 Å². The zero-order valence-corrected chi connectivity index (χ0v) is 26.5. The summed E-state index contributed by atoms with van der Waals surface area (Å²) in [5.74, 6) is 0.991. The Hall–Kier alpha value is -3.34. The van der Waals surface area contributed by atoms with Crippen molar-refractivity contribution in [2.45, 2.75) is 39.5 Å². The molecule has 5 aromatic rings. The molecule has 2 nitrogen and oxygen atoms in total. The van der Waals surface area contributed by atoms with Crippen LogP contribution >= 0.6 is 31.9 Å². The number of rotatable bonds is 8. The second kappa shape index (κ2) is 12.4. The van der Waals surface area contributed by atoms with Gasteiger partial charge in [-0.15, -0.1) is 0 Å². The van der Waals surface area contributed by atoms with E-state index in [2.05, 4.69) is 191 Å². The van der Waals surface area contributed by atoms with E-state index < -0.39 is 0 Å². The van der Waals surface area contributed by atoms with E-state index in [4.69, 9.17) is 0 Å². The molecule has 4 heteroatoms. The van der Waals surface area contributed by atoms with Crippen LogP contribution in [0.25, 0.3) is 0 Å². The molecule has 0 saturated carbocycles. The van der Waals surface area contributed by atoms with E-state index in [-0.39, 0.29) is 0 Å². The van der Waals surface area contributed by atoms with Gasteiger partial charge in [0, 0.05) is 43.1 Å². The maximum atomic E-state index is 3.58. The molecule has 40 heavy (non-hydrogen) atoms. The summed E-state index contributed by atoms with van der Waals surface area (Å²) in [6.45, 7) is 8.94. The van der Waals surface area contributed by atoms with Gasteiger partial charge in [-0.2, -0.15) is 0 Å². The minimum Gasteiger partial charge on any atom is -0.311 e. The van der Waals surface area contributed by atoms with Gasteiger partial charge in [-0.05, 0) is 120 Å². The predicted molar refractivity (Wildman–Crippen MR) is 179 cm³/mol. The number of anilines is 6. The van der Waals surface area contributed by atoms with Crippen molar-refractivity contribution in [1.29, 1.82) is 0 Å². The van der Waals surface area contributed by atoms with Crippen molar-refractivity contribution in [3.05, 3.63) is 141 Å². The summed E-state index contributed by atoms with van der Waals surface area (Å²) in [6.07, 6.45) is 0. The number of benzene rings is 5. The van der Waals surface area contributed by atoms with E-state index >= 15 is 0 Å². The fraction of sp³-hybridized carbons (Fsp3) is 0.167. The second-order valence-electron chi connectivity index (χ2n) is 10.6. The lowest BCUT2D eigenvalue weighted by atomic mass is 10.0. The maximum Gasteiger partial charge on any atom is 0.0463 e. The van der Waals surface area contributed by atoms with Crippen molar-refractivity contribution < 1.29 is 0 Å². The van der Waals surface area contributed by atoms with Crippen LogP contribution in [0.5, 0.6) is 0 Å². The van der Waals surface area contributed by atoms with Crippen LogP contribution in [-0.2, 0) is 0 Å². The molecule has 0 aliphatic rings. The lowest BCUT2D eigenvalue weighted by Crippen LogP contribution is -2.12. The fourth-order valence-corrected chi connectivity index (χ4v) is 5.37. The molecule has 0 atom stereocenters. The molecule has 0 fully saturated rings. The van der Waals surface area contributed by atoms with Gasteiger partial charge < -0.3 is 9.80 Å². The molecule has 0 heterocycles. The van der Waals surface area contributed by atoms with Gasteiger partial charge in [0.05, 0.1) is 0 Å². The quantitative estimate of drug-likeness (QED) is 0.164. The lowest BCUT2D eigenvalue weighted by Gasteiger charge is -2.28. The molecule has 0 aromatic heterocycles. The topological polar surface area (TPSA) is 6.48 Å². The number of hydrogen-bond donors (Lipinski definition) is 0. The molecule has 0 aliphatic heterocycles. The van der Waals surface area contributed by atoms with Crippen molar-refractivity contribution in [1.82, 2.24) is 0 Å². The molecule has 0 bridgehead atoms. The SMILES string of the molecule is CC(C)c1ccc(N(c2ccc(C(C)C)cc2)c2ccc(N(c3ccc(Br)cc3)c3ccc(Br)cc3)cc2)cc1. The number of halogens is 2. The Balaban J connectivity index is 1.57. The highest BCUT2D eigenvalue weighted by Crippen LogP contribution is 2.40. The van der Waals surface area contributed by atoms with Gasteiger partial charge in [0.1, 0.15) is 0 Å². The van der Waals surface area contributed by atoms with Gasteiger partial charge in [0.2, 0.25) is 0 Å². The summed E-state index contributed by atoms with van der Waals surface area (Å²) in [5.41, 5.74) is 9.39. The van der Waals surface area contributed by atoms with Crippen molar-refractivity contribution in [3.63, 3.8) is 0 Å². The molecular formula is C36H34Br2N2. The summed E-state index contributed by atoms with van der Waals surface area (Å²) in [7, 11) is 0. The average molecular weight is 654 g/mol. The van der Waals surface area contributed by atoms with Gasteiger partial charge in [-0.3, -0.25) is 0 Å². The number of nitrogens with zero attached hydrogens (tertiary/aromatic N) is 2. The third kappa shape index (κ3) is 6.35. The zero-order chi connectivity index (χ0) is 28.2. The molecule has 0 amide bonds. The third-order valence-electron chi connectivity index (χ3n) is 7.17. The maximum absolute atomic E-state index is 3.58. The Kier molecular flexibility index (Phi) is 8.78. The highest BCUT2D eigenvalue weighted by molar-refractivity contribution is 9.10. The summed E-state index contributed by atoms with van der Waals surface area (Å²) in [4.78, 5) is 4.61. The average Bonchev–Trinajstić information content (AvgIpc) is 2.97. The van der Waals surface area contributed by atoms with Gasteiger partial charge in [-0.1, -0.05) is 83.8 Å². The van der Waals surface area contributed by atoms with Crippen LogP contribution in [0.3, 0.4) is 0 Å². The van der Waals surface area contributed by atoms with Crippen molar-refractivity contribution in [3.8, 4) is 0 Å². The molecule has 5 aromatic carbocycles. The minimum atomic E-state index is 0.496. The Labute approximate surface area is 255 Å². The standard InChI is InChI=1S/C36H34Br2N2/c1-25(2)27-5-13-31(14-6-27)39(32-15-7-28(8-16-32)26(3)4)35-21-23-36(24-22-35)40(33-17-9-29(37)10-18-33)34-19-11-30(38)12-20-34/h5-26H,1-4H3. The first-order valence-electron chi connectivity index (χ1n) is 13.7. The molecule has 0 saturated heterocycles. The molecule has 0 unspecified atom stereocenters. The fourth-order valence-electron chi connectivity index (χ4n) is 4.84. The first-order chi connectivity index (χ1) is 19.3. The summed E-state index contributed by atoms with van der Waals surface area (Å²) < 4.78 is 2.12. The van der Waals surface area contributed by atoms with Crippen molar-refractivity contribution >= 4 is 66.0 Å². The monoisotopic (exact) mass is 652 g/mol. The van der Waals surface area contributed by atoms with E-state index in [0.717, 1.165) is 43.1 Å². The first-order valence-corrected chi connectivity index (χ1v) is 15.3. The van der Waals surface area contributed by atoms with E-state index in [1.165, 1.54) is 11.1 Å². The third-order valence-corrected chi connectivity index (χ3v) is 8.23. The van der Waals surface area contributed by atoms with E-state index in [9.17, 15) is 0 Å². The van der Waals surface area contributed by atoms with Gasteiger partial charge >= 0.3 is 0 Å². The van der Waals surface area contributed by atoms with Gasteiger partial charge in [0.25, 0.3) is 0 Å². The predicted octanol–water partition coefficient (Wildman–Crippen LogP) is 12.4. The summed E-state index contributed by atoms with van der Waals surface area (Å²) in [6, 6.07) is 43.6. The highest BCUT2D eigenvalue weighted by atomic mass is 79.9. The molecule has 202 valence electrons. The van der Waals surface area contributed by atoms with Gasteiger partial charge in [-0.25, -0.2) is 0 Å². The van der Waals surface area contributed by atoms with Crippen LogP contribution in [0.4, 0.5) is 34.1 Å². The van der Waals surface area contributed by atoms with Crippen LogP contribution in [0, 0.1) is 0 Å². The van der Waals surface area contributed by atoms with E-state index in [1.54, 1.807) is 0 Å². The van der Waals surface area contributed by atoms with Crippen molar-refractivity contribution in [2.24, 2.45) is 0 Å². The smallest absolute Gasteiger partial charge is 0.0463 e. The Morgan fingerprint density at radius 1 is 0.350 bits per heavy atom. The zero-order valence-electron chi connectivity index (χ0n) is 23.4. The molecule has 0 N–H and O–H groups in total. The van der Waals surface area contributed by atoms with Crippen LogP contribution < -0.4 is 9.80 Å². The molecule has 5 rings (SSSR count).